The van der Waals surface area contributed by atoms with Crippen molar-refractivity contribution < 1.29 is 4.79 Å². The predicted molar refractivity (Wildman–Crippen MR) is 92.8 cm³/mol. The molecule has 6 nitrogen and oxygen atoms in total. The van der Waals surface area contributed by atoms with Crippen LogP contribution in [-0.2, 0) is 0 Å². The zero-order valence-corrected chi connectivity index (χ0v) is 13.7. The van der Waals surface area contributed by atoms with E-state index < -0.39 is 5.41 Å². The summed E-state index contributed by atoms with van der Waals surface area (Å²) < 4.78 is 0. The number of Topliss-reactive ketones (excluding diaryl/α,β-unsaturated/α-hetero) is 1. The molecule has 0 amide bonds. The second-order valence-corrected chi connectivity index (χ2v) is 6.86. The number of aromatic nitrogens is 5. The Bertz CT molecular complexity index is 1070. The highest BCUT2D eigenvalue weighted by Crippen LogP contribution is 2.29. The molecule has 4 rings (SSSR count). The molecule has 0 fully saturated rings. The molecule has 0 spiro atoms. The Morgan fingerprint density at radius 3 is 2.75 bits per heavy atom. The van der Waals surface area contributed by atoms with Gasteiger partial charge in [-0.2, -0.15) is 0 Å². The molecule has 0 saturated heterocycles. The van der Waals surface area contributed by atoms with Gasteiger partial charge in [-0.25, -0.2) is 9.97 Å². The predicted octanol–water partition coefficient (Wildman–Crippen LogP) is 3.73. The number of rotatable bonds is 2. The van der Waals surface area contributed by atoms with Crippen molar-refractivity contribution in [1.29, 1.82) is 0 Å². The Balaban J connectivity index is 1.91. The molecule has 0 aliphatic rings. The van der Waals surface area contributed by atoms with Gasteiger partial charge in [0.15, 0.2) is 11.4 Å². The highest BCUT2D eigenvalue weighted by atomic mass is 16.1. The van der Waals surface area contributed by atoms with Gasteiger partial charge in [-0.3, -0.25) is 9.78 Å². The maximum atomic E-state index is 12.6. The number of hydrogen-bond acceptors (Lipinski definition) is 4. The van der Waals surface area contributed by atoms with Crippen LogP contribution in [0.25, 0.3) is 33.3 Å². The van der Waals surface area contributed by atoms with E-state index in [-0.39, 0.29) is 5.78 Å². The summed E-state index contributed by atoms with van der Waals surface area (Å²) >= 11 is 0. The quantitative estimate of drug-likeness (QED) is 0.551. The number of H-pyrrole nitrogens is 2. The number of pyridine rings is 1. The first-order chi connectivity index (χ1) is 11.4. The van der Waals surface area contributed by atoms with E-state index in [1.54, 1.807) is 24.8 Å². The Labute approximate surface area is 138 Å². The fourth-order valence-corrected chi connectivity index (χ4v) is 2.78. The van der Waals surface area contributed by atoms with Crippen molar-refractivity contribution in [3.63, 3.8) is 0 Å². The van der Waals surface area contributed by atoms with E-state index >= 15 is 0 Å². The Kier molecular flexibility index (Phi) is 3.03. The molecular weight excluding hydrogens is 302 g/mol. The first-order valence-corrected chi connectivity index (χ1v) is 7.75. The number of aromatic amines is 2. The minimum Gasteiger partial charge on any atom is -0.359 e. The van der Waals surface area contributed by atoms with E-state index in [0.29, 0.717) is 16.7 Å². The maximum absolute atomic E-state index is 12.6. The van der Waals surface area contributed by atoms with E-state index in [0.717, 1.165) is 22.2 Å². The summed E-state index contributed by atoms with van der Waals surface area (Å²) in [6.45, 7) is 5.70. The van der Waals surface area contributed by atoms with Crippen LogP contribution in [0.15, 0.2) is 37.1 Å². The van der Waals surface area contributed by atoms with Gasteiger partial charge in [-0.15, -0.1) is 0 Å². The van der Waals surface area contributed by atoms with Crippen LogP contribution in [0.5, 0.6) is 0 Å². The molecular formula is C18H17N5O. The zero-order valence-electron chi connectivity index (χ0n) is 13.7. The third kappa shape index (κ3) is 2.19. The maximum Gasteiger partial charge on any atom is 0.171 e. The summed E-state index contributed by atoms with van der Waals surface area (Å²) in [5.74, 6) is 0.0447. The summed E-state index contributed by atoms with van der Waals surface area (Å²) in [7, 11) is 0. The lowest BCUT2D eigenvalue weighted by atomic mass is 9.87. The van der Waals surface area contributed by atoms with Gasteiger partial charge in [-0.1, -0.05) is 20.8 Å². The average Bonchev–Trinajstić information content (AvgIpc) is 3.16. The lowest BCUT2D eigenvalue weighted by molar-refractivity contribution is 0.0860. The van der Waals surface area contributed by atoms with Crippen molar-refractivity contribution in [2.75, 3.05) is 0 Å². The summed E-state index contributed by atoms with van der Waals surface area (Å²) in [6.07, 6.45) is 8.82. The van der Waals surface area contributed by atoms with Gasteiger partial charge in [0.05, 0.1) is 29.2 Å². The number of fused-ring (bicyclic) bond motifs is 2. The first-order valence-electron chi connectivity index (χ1n) is 7.75. The molecule has 0 radical (unpaired) electrons. The molecule has 4 aromatic rings. The highest BCUT2D eigenvalue weighted by molar-refractivity contribution is 6.08. The average molecular weight is 319 g/mol. The third-order valence-electron chi connectivity index (χ3n) is 4.07. The lowest BCUT2D eigenvalue weighted by Crippen LogP contribution is -2.20. The van der Waals surface area contributed by atoms with Crippen LogP contribution >= 0.6 is 0 Å². The Morgan fingerprint density at radius 1 is 1.12 bits per heavy atom. The number of nitrogens with one attached hydrogen (secondary N) is 2. The molecule has 4 heterocycles. The van der Waals surface area contributed by atoms with E-state index in [1.807, 2.05) is 33.0 Å². The van der Waals surface area contributed by atoms with Crippen molar-refractivity contribution in [1.82, 2.24) is 24.9 Å². The summed E-state index contributed by atoms with van der Waals surface area (Å²) in [5, 5.41) is 1.03. The second kappa shape index (κ2) is 4.99. The van der Waals surface area contributed by atoms with Crippen molar-refractivity contribution >= 4 is 27.9 Å². The van der Waals surface area contributed by atoms with Crippen LogP contribution < -0.4 is 0 Å². The van der Waals surface area contributed by atoms with Gasteiger partial charge >= 0.3 is 0 Å². The molecule has 120 valence electrons. The van der Waals surface area contributed by atoms with Gasteiger partial charge in [0, 0.05) is 35.0 Å². The molecule has 6 heteroatoms. The van der Waals surface area contributed by atoms with Crippen molar-refractivity contribution in [2.45, 2.75) is 20.8 Å². The number of nitrogens with zero attached hydrogens (tertiary/aromatic N) is 3. The van der Waals surface area contributed by atoms with E-state index in [4.69, 9.17) is 4.98 Å². The monoisotopic (exact) mass is 319 g/mol. The largest absolute Gasteiger partial charge is 0.359 e. The number of carbonyl (C=O) groups excluding carboxylic acids is 1. The van der Waals surface area contributed by atoms with Crippen LogP contribution in [0.1, 0.15) is 31.1 Å². The van der Waals surface area contributed by atoms with Crippen LogP contribution in [0.4, 0.5) is 0 Å². The third-order valence-corrected chi connectivity index (χ3v) is 4.07. The highest BCUT2D eigenvalue weighted by Gasteiger charge is 2.26. The second-order valence-electron chi connectivity index (χ2n) is 6.86. The molecule has 0 aromatic carbocycles. The van der Waals surface area contributed by atoms with E-state index in [1.165, 1.54) is 0 Å². The van der Waals surface area contributed by atoms with Crippen LogP contribution in [0.2, 0.25) is 0 Å². The molecule has 0 saturated carbocycles. The first kappa shape index (κ1) is 14.6. The van der Waals surface area contributed by atoms with E-state index in [9.17, 15) is 4.79 Å². The molecule has 24 heavy (non-hydrogen) atoms. The zero-order chi connectivity index (χ0) is 16.9. The molecule has 0 atom stereocenters. The van der Waals surface area contributed by atoms with Gasteiger partial charge < -0.3 is 9.97 Å². The molecule has 0 aliphatic heterocycles. The van der Waals surface area contributed by atoms with Crippen molar-refractivity contribution in [3.05, 3.63) is 42.6 Å². The standard InChI is InChI=1S/C18H17N5O/c1-18(2,3)16(24)12-7-21-17-15(12)23-14(9-22-17)11-6-20-13-8-19-5-4-10(11)13/h4-9,20H,1-3H3,(H,21,22). The SMILES string of the molecule is CC(C)(C)C(=O)c1c[nH]c2ncc(-c3c[nH]c4cnccc34)nc12. The number of carbonyl (C=O) groups is 1. The topological polar surface area (TPSA) is 87.3 Å². The minimum atomic E-state index is -0.473. The molecule has 0 aliphatic carbocycles. The number of ketones is 1. The smallest absolute Gasteiger partial charge is 0.171 e. The van der Waals surface area contributed by atoms with Gasteiger partial charge in [-0.05, 0) is 6.07 Å². The summed E-state index contributed by atoms with van der Waals surface area (Å²) in [5.41, 5.74) is 3.94. The fraction of sp³-hybridized carbons (Fsp3) is 0.222. The molecule has 0 unspecified atom stereocenters. The normalized spacial score (nSPS) is 12.1. The minimum absolute atomic E-state index is 0.0447. The fourth-order valence-electron chi connectivity index (χ4n) is 2.78. The molecule has 0 bridgehead atoms. The molecule has 2 N–H and O–H groups in total. The Hall–Kier alpha value is -3.02. The van der Waals surface area contributed by atoms with Crippen LogP contribution in [-0.4, -0.2) is 30.7 Å². The summed E-state index contributed by atoms with van der Waals surface area (Å²) in [4.78, 5) is 32.1. The van der Waals surface area contributed by atoms with Crippen LogP contribution in [0.3, 0.4) is 0 Å². The van der Waals surface area contributed by atoms with Gasteiger partial charge in [0.25, 0.3) is 0 Å². The van der Waals surface area contributed by atoms with Crippen molar-refractivity contribution in [3.8, 4) is 11.3 Å². The Morgan fingerprint density at radius 2 is 1.96 bits per heavy atom. The van der Waals surface area contributed by atoms with Gasteiger partial charge in [0.2, 0.25) is 0 Å². The lowest BCUT2D eigenvalue weighted by Gasteiger charge is -2.15. The number of hydrogen-bond donors (Lipinski definition) is 2. The molecule has 4 aromatic heterocycles. The van der Waals surface area contributed by atoms with Crippen LogP contribution in [0, 0.1) is 5.41 Å². The van der Waals surface area contributed by atoms with Gasteiger partial charge in [0.1, 0.15) is 5.52 Å². The van der Waals surface area contributed by atoms with Crippen molar-refractivity contribution in [2.24, 2.45) is 5.41 Å². The summed E-state index contributed by atoms with van der Waals surface area (Å²) in [6, 6.07) is 1.94. The van der Waals surface area contributed by atoms with E-state index in [2.05, 4.69) is 19.9 Å².